The van der Waals surface area contributed by atoms with E-state index in [2.05, 4.69) is 31.2 Å². The average molecular weight is 270 g/mol. The Morgan fingerprint density at radius 3 is 1.85 bits per heavy atom. The third kappa shape index (κ3) is 2.69. The molecule has 2 aromatic rings. The Hall–Kier alpha value is -1.84. The van der Waals surface area contributed by atoms with Gasteiger partial charge in [-0.25, -0.2) is 9.78 Å². The first-order valence-electron chi connectivity index (χ1n) is 6.79. The van der Waals surface area contributed by atoms with Crippen molar-refractivity contribution in [2.45, 2.75) is 25.6 Å². The Kier molecular flexibility index (Phi) is 3.72. The van der Waals surface area contributed by atoms with Crippen LogP contribution in [0.2, 0.25) is 0 Å². The maximum absolute atomic E-state index is 5.47. The molecule has 1 saturated heterocycles. The molecule has 3 rings (SSSR count). The van der Waals surface area contributed by atoms with Crippen molar-refractivity contribution in [1.29, 1.82) is 0 Å². The Bertz CT molecular complexity index is 560. The van der Waals surface area contributed by atoms with E-state index in [1.165, 1.54) is 5.56 Å². The molecule has 3 nitrogen and oxygen atoms in total. The minimum absolute atomic E-state index is 0.00250. The van der Waals surface area contributed by atoms with Gasteiger partial charge in [-0.1, -0.05) is 42.0 Å². The maximum atomic E-state index is 5.47. The van der Waals surface area contributed by atoms with E-state index in [9.17, 15) is 0 Å². The lowest BCUT2D eigenvalue weighted by Crippen LogP contribution is -1.96. The second kappa shape index (κ2) is 5.65. The molecule has 0 bridgehead atoms. The summed E-state index contributed by atoms with van der Waals surface area (Å²) in [5.74, 6) is 0.850. The molecule has 20 heavy (non-hydrogen) atoms. The lowest BCUT2D eigenvalue weighted by molar-refractivity contribution is -0.300. The Labute approximate surface area is 119 Å². The van der Waals surface area contributed by atoms with Crippen molar-refractivity contribution in [2.24, 2.45) is 0 Å². The minimum Gasteiger partial charge on any atom is -0.497 e. The van der Waals surface area contributed by atoms with Crippen molar-refractivity contribution >= 4 is 0 Å². The molecule has 0 N–H and O–H groups in total. The fraction of sp³-hybridized carbons (Fsp3) is 0.294. The van der Waals surface area contributed by atoms with E-state index in [4.69, 9.17) is 14.5 Å². The van der Waals surface area contributed by atoms with Crippen LogP contribution in [0.4, 0.5) is 0 Å². The molecule has 2 unspecified atom stereocenters. The smallest absolute Gasteiger partial charge is 0.121 e. The second-order valence-corrected chi connectivity index (χ2v) is 5.09. The van der Waals surface area contributed by atoms with Crippen LogP contribution in [0.25, 0.3) is 0 Å². The van der Waals surface area contributed by atoms with Gasteiger partial charge in [0.15, 0.2) is 0 Å². The number of aryl methyl sites for hydroxylation is 1. The van der Waals surface area contributed by atoms with E-state index in [0.717, 1.165) is 23.3 Å². The number of hydrogen-bond acceptors (Lipinski definition) is 3. The summed E-state index contributed by atoms with van der Waals surface area (Å²) >= 11 is 0. The van der Waals surface area contributed by atoms with Crippen LogP contribution in [0, 0.1) is 6.92 Å². The normalized spacial score (nSPS) is 21.9. The first-order valence-corrected chi connectivity index (χ1v) is 6.79. The van der Waals surface area contributed by atoms with Gasteiger partial charge in [0, 0.05) is 6.42 Å². The van der Waals surface area contributed by atoms with E-state index < -0.39 is 0 Å². The van der Waals surface area contributed by atoms with Gasteiger partial charge in [0.2, 0.25) is 0 Å². The zero-order valence-electron chi connectivity index (χ0n) is 11.7. The summed E-state index contributed by atoms with van der Waals surface area (Å²) in [6.07, 6.45) is 0.810. The topological polar surface area (TPSA) is 27.7 Å². The van der Waals surface area contributed by atoms with Gasteiger partial charge in [-0.3, -0.25) is 0 Å². The summed E-state index contributed by atoms with van der Waals surface area (Å²) < 4.78 is 5.16. The highest BCUT2D eigenvalue weighted by molar-refractivity contribution is 5.29. The van der Waals surface area contributed by atoms with Crippen molar-refractivity contribution < 1.29 is 14.5 Å². The molecule has 1 aliphatic heterocycles. The number of hydrogen-bond donors (Lipinski definition) is 0. The first kappa shape index (κ1) is 13.2. The van der Waals surface area contributed by atoms with Gasteiger partial charge >= 0.3 is 0 Å². The van der Waals surface area contributed by atoms with Crippen molar-refractivity contribution in [3.63, 3.8) is 0 Å². The third-order valence-corrected chi connectivity index (χ3v) is 3.65. The predicted molar refractivity (Wildman–Crippen MR) is 76.4 cm³/mol. The molecular weight excluding hydrogens is 252 g/mol. The van der Waals surface area contributed by atoms with Crippen LogP contribution in [-0.2, 0) is 9.78 Å². The van der Waals surface area contributed by atoms with E-state index in [1.54, 1.807) is 7.11 Å². The number of methoxy groups -OCH3 is 1. The second-order valence-electron chi connectivity index (χ2n) is 5.09. The van der Waals surface area contributed by atoms with Gasteiger partial charge in [-0.2, -0.15) is 0 Å². The van der Waals surface area contributed by atoms with Crippen LogP contribution >= 0.6 is 0 Å². The van der Waals surface area contributed by atoms with E-state index in [0.29, 0.717) is 0 Å². The molecule has 0 amide bonds. The Morgan fingerprint density at radius 1 is 0.850 bits per heavy atom. The summed E-state index contributed by atoms with van der Waals surface area (Å²) in [6.45, 7) is 2.08. The molecule has 104 valence electrons. The maximum Gasteiger partial charge on any atom is 0.121 e. The van der Waals surface area contributed by atoms with Crippen molar-refractivity contribution in [3.05, 3.63) is 65.2 Å². The van der Waals surface area contributed by atoms with E-state index in [-0.39, 0.29) is 12.2 Å². The Morgan fingerprint density at radius 2 is 1.35 bits per heavy atom. The van der Waals surface area contributed by atoms with Gasteiger partial charge in [0.05, 0.1) is 7.11 Å². The van der Waals surface area contributed by atoms with Crippen LogP contribution in [0.5, 0.6) is 5.75 Å². The van der Waals surface area contributed by atoms with E-state index >= 15 is 0 Å². The van der Waals surface area contributed by atoms with Crippen LogP contribution in [-0.4, -0.2) is 7.11 Å². The molecule has 1 heterocycles. The summed E-state index contributed by atoms with van der Waals surface area (Å²) in [4.78, 5) is 10.9. The monoisotopic (exact) mass is 270 g/mol. The third-order valence-electron chi connectivity index (χ3n) is 3.65. The first-order chi connectivity index (χ1) is 9.76. The van der Waals surface area contributed by atoms with Gasteiger partial charge < -0.3 is 4.74 Å². The van der Waals surface area contributed by atoms with Crippen LogP contribution in [0.1, 0.15) is 35.3 Å². The Balaban J connectivity index is 1.71. The average Bonchev–Trinajstić information content (AvgIpc) is 2.98. The highest BCUT2D eigenvalue weighted by Gasteiger charge is 2.29. The lowest BCUT2D eigenvalue weighted by Gasteiger charge is -2.08. The molecule has 1 fully saturated rings. The standard InChI is InChI=1S/C17H18O3/c1-12-3-5-13(6-4-12)16-11-17(20-19-16)14-7-9-15(18-2)10-8-14/h3-10,16-17H,11H2,1-2H3. The molecule has 0 saturated carbocycles. The molecule has 3 heteroatoms. The van der Waals surface area contributed by atoms with Crippen molar-refractivity contribution in [1.82, 2.24) is 0 Å². The molecular formula is C17H18O3. The number of benzene rings is 2. The highest BCUT2D eigenvalue weighted by Crippen LogP contribution is 2.39. The zero-order chi connectivity index (χ0) is 13.9. The molecule has 2 aromatic carbocycles. The molecule has 0 aromatic heterocycles. The summed E-state index contributed by atoms with van der Waals surface area (Å²) in [5, 5.41) is 0. The quantitative estimate of drug-likeness (QED) is 0.785. The zero-order valence-corrected chi connectivity index (χ0v) is 11.7. The summed E-state index contributed by atoms with van der Waals surface area (Å²) in [7, 11) is 1.66. The summed E-state index contributed by atoms with van der Waals surface area (Å²) in [6, 6.07) is 16.3. The molecule has 0 radical (unpaired) electrons. The van der Waals surface area contributed by atoms with Crippen LogP contribution in [0.3, 0.4) is 0 Å². The van der Waals surface area contributed by atoms with Gasteiger partial charge in [-0.15, -0.1) is 0 Å². The lowest BCUT2D eigenvalue weighted by atomic mass is 9.99. The van der Waals surface area contributed by atoms with Crippen molar-refractivity contribution in [3.8, 4) is 5.75 Å². The minimum atomic E-state index is -0.0211. The van der Waals surface area contributed by atoms with Crippen LogP contribution in [0.15, 0.2) is 48.5 Å². The summed E-state index contributed by atoms with van der Waals surface area (Å²) in [5.41, 5.74) is 3.52. The molecule has 0 spiro atoms. The van der Waals surface area contributed by atoms with Gasteiger partial charge in [0.25, 0.3) is 0 Å². The number of ether oxygens (including phenoxy) is 1. The molecule has 2 atom stereocenters. The van der Waals surface area contributed by atoms with E-state index in [1.807, 2.05) is 24.3 Å². The predicted octanol–water partition coefficient (Wildman–Crippen LogP) is 4.14. The molecule has 0 aliphatic carbocycles. The SMILES string of the molecule is COc1ccc(C2CC(c3ccc(C)cc3)OO2)cc1. The number of rotatable bonds is 3. The fourth-order valence-corrected chi connectivity index (χ4v) is 2.39. The van der Waals surface area contributed by atoms with Gasteiger partial charge in [-0.05, 0) is 30.2 Å². The fourth-order valence-electron chi connectivity index (χ4n) is 2.39. The molecule has 1 aliphatic rings. The highest BCUT2D eigenvalue weighted by atomic mass is 17.2. The van der Waals surface area contributed by atoms with Crippen molar-refractivity contribution in [2.75, 3.05) is 7.11 Å². The van der Waals surface area contributed by atoms with Crippen LogP contribution < -0.4 is 4.74 Å². The van der Waals surface area contributed by atoms with Gasteiger partial charge in [0.1, 0.15) is 18.0 Å². The largest absolute Gasteiger partial charge is 0.497 e.